The number of ether oxygens (including phenoxy) is 1. The number of amides is 1. The van der Waals surface area contributed by atoms with Crippen molar-refractivity contribution in [2.45, 2.75) is 44.3 Å². The van der Waals surface area contributed by atoms with Gasteiger partial charge >= 0.3 is 0 Å². The Morgan fingerprint density at radius 1 is 1.61 bits per heavy atom. The fraction of sp³-hybridized carbons (Fsp3) is 0.923. The first-order chi connectivity index (χ1) is 8.59. The number of hydrogen-bond donors (Lipinski definition) is 3. The zero-order chi connectivity index (χ0) is 13.0. The summed E-state index contributed by atoms with van der Waals surface area (Å²) in [6.07, 6.45) is 3.35. The number of carbonyl (C=O) groups excluding carboxylic acids is 1. The van der Waals surface area contributed by atoms with Crippen LogP contribution in [-0.2, 0) is 9.53 Å². The molecule has 1 saturated heterocycles. The van der Waals surface area contributed by atoms with Crippen LogP contribution in [0.5, 0.6) is 0 Å². The summed E-state index contributed by atoms with van der Waals surface area (Å²) in [5.74, 6) is 0.419. The van der Waals surface area contributed by atoms with Gasteiger partial charge in [-0.15, -0.1) is 0 Å². The standard InChI is InChI=1S/C13H24N2O3/c1-10-3-2-4-13(17,7-10)9-15-12(16)11-8-14-5-6-18-11/h10-11,14,17H,2-9H2,1H3,(H,15,16). The molecule has 0 radical (unpaired) electrons. The number of hydrogen-bond acceptors (Lipinski definition) is 4. The molecular weight excluding hydrogens is 232 g/mol. The Labute approximate surface area is 108 Å². The minimum atomic E-state index is -0.727. The number of carbonyl (C=O) groups is 1. The highest BCUT2D eigenvalue weighted by Gasteiger charge is 2.33. The largest absolute Gasteiger partial charge is 0.388 e. The fourth-order valence-corrected chi connectivity index (χ4v) is 2.89. The summed E-state index contributed by atoms with van der Waals surface area (Å²) in [7, 11) is 0. The van der Waals surface area contributed by atoms with Crippen molar-refractivity contribution >= 4 is 5.91 Å². The van der Waals surface area contributed by atoms with Gasteiger partial charge in [0.1, 0.15) is 6.10 Å². The molecule has 5 heteroatoms. The fourth-order valence-electron chi connectivity index (χ4n) is 2.89. The van der Waals surface area contributed by atoms with Gasteiger partial charge in [-0.1, -0.05) is 19.8 Å². The van der Waals surface area contributed by atoms with Crippen LogP contribution >= 0.6 is 0 Å². The Kier molecular flexibility index (Phi) is 4.59. The molecule has 1 saturated carbocycles. The van der Waals surface area contributed by atoms with Crippen molar-refractivity contribution in [2.24, 2.45) is 5.92 Å². The second kappa shape index (κ2) is 5.99. The van der Waals surface area contributed by atoms with Gasteiger partial charge in [0.05, 0.1) is 12.2 Å². The van der Waals surface area contributed by atoms with Crippen LogP contribution in [0.25, 0.3) is 0 Å². The summed E-state index contributed by atoms with van der Waals surface area (Å²) in [6, 6.07) is 0. The van der Waals surface area contributed by atoms with Crippen LogP contribution in [0.1, 0.15) is 32.6 Å². The van der Waals surface area contributed by atoms with Crippen molar-refractivity contribution in [1.82, 2.24) is 10.6 Å². The third-order valence-electron chi connectivity index (χ3n) is 3.88. The van der Waals surface area contributed by atoms with Gasteiger partial charge in [0.2, 0.25) is 0 Å². The summed E-state index contributed by atoms with van der Waals surface area (Å²) in [5, 5.41) is 16.4. The van der Waals surface area contributed by atoms with Crippen molar-refractivity contribution in [3.8, 4) is 0 Å². The molecule has 1 amide bonds. The van der Waals surface area contributed by atoms with Crippen molar-refractivity contribution in [3.63, 3.8) is 0 Å². The van der Waals surface area contributed by atoms with Crippen LogP contribution in [-0.4, -0.2) is 49.0 Å². The summed E-state index contributed by atoms with van der Waals surface area (Å²) in [5.41, 5.74) is -0.727. The Hall–Kier alpha value is -0.650. The predicted octanol–water partition coefficient (Wildman–Crippen LogP) is 0.0322. The van der Waals surface area contributed by atoms with Crippen molar-refractivity contribution in [2.75, 3.05) is 26.2 Å². The lowest BCUT2D eigenvalue weighted by molar-refractivity contribution is -0.136. The molecule has 5 nitrogen and oxygen atoms in total. The van der Waals surface area contributed by atoms with E-state index in [0.717, 1.165) is 25.8 Å². The molecule has 3 N–H and O–H groups in total. The van der Waals surface area contributed by atoms with Crippen LogP contribution in [0.4, 0.5) is 0 Å². The smallest absolute Gasteiger partial charge is 0.250 e. The molecule has 3 atom stereocenters. The van der Waals surface area contributed by atoms with E-state index in [0.29, 0.717) is 25.6 Å². The Morgan fingerprint density at radius 2 is 2.44 bits per heavy atom. The van der Waals surface area contributed by atoms with Crippen LogP contribution in [0, 0.1) is 5.92 Å². The molecule has 1 aliphatic carbocycles. The normalized spacial score (nSPS) is 37.2. The van der Waals surface area contributed by atoms with E-state index in [4.69, 9.17) is 4.74 Å². The lowest BCUT2D eigenvalue weighted by Crippen LogP contribution is -2.52. The molecule has 18 heavy (non-hydrogen) atoms. The van der Waals surface area contributed by atoms with E-state index in [-0.39, 0.29) is 5.91 Å². The van der Waals surface area contributed by atoms with Crippen LogP contribution in [0.15, 0.2) is 0 Å². The summed E-state index contributed by atoms with van der Waals surface area (Å²) in [6.45, 7) is 4.42. The Bertz CT molecular complexity index is 292. The van der Waals surface area contributed by atoms with E-state index in [1.54, 1.807) is 0 Å². The molecule has 3 unspecified atom stereocenters. The molecule has 0 aromatic carbocycles. The first kappa shape index (κ1) is 13.8. The van der Waals surface area contributed by atoms with E-state index >= 15 is 0 Å². The minimum absolute atomic E-state index is 0.117. The van der Waals surface area contributed by atoms with Gasteiger partial charge in [-0.05, 0) is 18.8 Å². The quantitative estimate of drug-likeness (QED) is 0.666. The molecule has 2 rings (SSSR count). The minimum Gasteiger partial charge on any atom is -0.388 e. The number of nitrogens with one attached hydrogen (secondary N) is 2. The zero-order valence-electron chi connectivity index (χ0n) is 11.1. The molecule has 2 fully saturated rings. The van der Waals surface area contributed by atoms with Crippen LogP contribution < -0.4 is 10.6 Å². The molecule has 104 valence electrons. The molecule has 0 aromatic rings. The second-order valence-corrected chi connectivity index (χ2v) is 5.71. The summed E-state index contributed by atoms with van der Waals surface area (Å²) >= 11 is 0. The highest BCUT2D eigenvalue weighted by atomic mass is 16.5. The average molecular weight is 256 g/mol. The molecule has 0 bridgehead atoms. The highest BCUT2D eigenvalue weighted by Crippen LogP contribution is 2.31. The van der Waals surface area contributed by atoms with E-state index in [1.807, 2.05) is 0 Å². The average Bonchev–Trinajstić information content (AvgIpc) is 2.37. The van der Waals surface area contributed by atoms with Crippen LogP contribution in [0.3, 0.4) is 0 Å². The lowest BCUT2D eigenvalue weighted by atomic mass is 9.79. The number of morpholine rings is 1. The molecular formula is C13H24N2O3. The maximum absolute atomic E-state index is 11.9. The Morgan fingerprint density at radius 3 is 3.11 bits per heavy atom. The lowest BCUT2D eigenvalue weighted by Gasteiger charge is -2.36. The van der Waals surface area contributed by atoms with E-state index in [9.17, 15) is 9.90 Å². The molecule has 2 aliphatic rings. The van der Waals surface area contributed by atoms with Gasteiger partial charge in [-0.25, -0.2) is 0 Å². The molecule has 1 heterocycles. The number of rotatable bonds is 3. The third-order valence-corrected chi connectivity index (χ3v) is 3.88. The van der Waals surface area contributed by atoms with Gasteiger partial charge < -0.3 is 20.5 Å². The first-order valence-corrected chi connectivity index (χ1v) is 6.91. The summed E-state index contributed by atoms with van der Waals surface area (Å²) < 4.78 is 5.38. The first-order valence-electron chi connectivity index (χ1n) is 6.91. The maximum Gasteiger partial charge on any atom is 0.250 e. The van der Waals surface area contributed by atoms with Gasteiger partial charge in [0, 0.05) is 19.6 Å². The van der Waals surface area contributed by atoms with Gasteiger partial charge in [0.15, 0.2) is 0 Å². The van der Waals surface area contributed by atoms with E-state index in [1.165, 1.54) is 6.42 Å². The Balaban J connectivity index is 1.77. The van der Waals surface area contributed by atoms with Crippen molar-refractivity contribution < 1.29 is 14.6 Å². The summed E-state index contributed by atoms with van der Waals surface area (Å²) in [4.78, 5) is 11.9. The van der Waals surface area contributed by atoms with Gasteiger partial charge in [-0.3, -0.25) is 4.79 Å². The topological polar surface area (TPSA) is 70.6 Å². The third kappa shape index (κ3) is 3.67. The maximum atomic E-state index is 11.9. The van der Waals surface area contributed by atoms with Gasteiger partial charge in [0.25, 0.3) is 5.91 Å². The van der Waals surface area contributed by atoms with E-state index in [2.05, 4.69) is 17.6 Å². The van der Waals surface area contributed by atoms with Gasteiger partial charge in [-0.2, -0.15) is 0 Å². The zero-order valence-corrected chi connectivity index (χ0v) is 11.1. The highest BCUT2D eigenvalue weighted by molar-refractivity contribution is 5.81. The molecule has 0 aromatic heterocycles. The van der Waals surface area contributed by atoms with Crippen molar-refractivity contribution in [3.05, 3.63) is 0 Å². The van der Waals surface area contributed by atoms with Crippen LogP contribution in [0.2, 0.25) is 0 Å². The number of aliphatic hydroxyl groups is 1. The molecule has 1 aliphatic heterocycles. The molecule has 0 spiro atoms. The SMILES string of the molecule is CC1CCCC(O)(CNC(=O)C2CNCCO2)C1. The monoisotopic (exact) mass is 256 g/mol. The van der Waals surface area contributed by atoms with E-state index < -0.39 is 11.7 Å². The van der Waals surface area contributed by atoms with Crippen molar-refractivity contribution in [1.29, 1.82) is 0 Å². The predicted molar refractivity (Wildman–Crippen MR) is 68.2 cm³/mol. The second-order valence-electron chi connectivity index (χ2n) is 5.71.